The van der Waals surface area contributed by atoms with Gasteiger partial charge in [-0.05, 0) is 38.8 Å². The molecule has 3 unspecified atom stereocenters. The lowest BCUT2D eigenvalue weighted by molar-refractivity contribution is 0.122. The molecule has 0 spiro atoms. The van der Waals surface area contributed by atoms with Gasteiger partial charge in [0.1, 0.15) is 9.84 Å². The highest BCUT2D eigenvalue weighted by molar-refractivity contribution is 7.90. The highest BCUT2D eigenvalue weighted by Crippen LogP contribution is 2.30. The van der Waals surface area contributed by atoms with Crippen LogP contribution in [0.25, 0.3) is 0 Å². The van der Waals surface area contributed by atoms with Gasteiger partial charge in [0, 0.05) is 24.9 Å². The molecular formula is C15H32N2O2S. The van der Waals surface area contributed by atoms with Gasteiger partial charge in [-0.3, -0.25) is 0 Å². The second kappa shape index (κ2) is 8.35. The Balaban J connectivity index is 2.62. The zero-order chi connectivity index (χ0) is 15.2. The molecule has 0 aromatic heterocycles. The van der Waals surface area contributed by atoms with Crippen LogP contribution in [-0.2, 0) is 9.84 Å². The molecule has 0 radical (unpaired) electrons. The summed E-state index contributed by atoms with van der Waals surface area (Å²) in [5.41, 5.74) is 0. The third-order valence-electron chi connectivity index (χ3n) is 4.47. The Morgan fingerprint density at radius 3 is 2.50 bits per heavy atom. The maximum atomic E-state index is 11.4. The number of rotatable bonds is 8. The van der Waals surface area contributed by atoms with Crippen molar-refractivity contribution < 1.29 is 8.42 Å². The molecular weight excluding hydrogens is 272 g/mol. The molecule has 0 bridgehead atoms. The van der Waals surface area contributed by atoms with Crippen LogP contribution in [0.4, 0.5) is 0 Å². The van der Waals surface area contributed by atoms with Crippen molar-refractivity contribution in [2.45, 2.75) is 58.0 Å². The summed E-state index contributed by atoms with van der Waals surface area (Å²) < 4.78 is 22.7. The molecule has 1 N–H and O–H groups in total. The van der Waals surface area contributed by atoms with Gasteiger partial charge in [0.05, 0.1) is 5.75 Å². The molecule has 4 nitrogen and oxygen atoms in total. The molecule has 0 amide bonds. The van der Waals surface area contributed by atoms with Gasteiger partial charge in [-0.1, -0.05) is 26.7 Å². The predicted octanol–water partition coefficient (Wildman–Crippen LogP) is 1.91. The first-order chi connectivity index (χ1) is 9.37. The third kappa shape index (κ3) is 6.10. The number of hydrogen-bond donors (Lipinski definition) is 1. The predicted molar refractivity (Wildman–Crippen MR) is 85.8 cm³/mol. The molecule has 1 aliphatic rings. The van der Waals surface area contributed by atoms with Crippen molar-refractivity contribution in [1.29, 1.82) is 0 Å². The molecule has 1 rings (SSSR count). The van der Waals surface area contributed by atoms with Gasteiger partial charge >= 0.3 is 0 Å². The van der Waals surface area contributed by atoms with Crippen molar-refractivity contribution in [3.8, 4) is 0 Å². The van der Waals surface area contributed by atoms with Gasteiger partial charge < -0.3 is 10.2 Å². The molecule has 0 saturated heterocycles. The number of nitrogens with one attached hydrogen (secondary N) is 1. The summed E-state index contributed by atoms with van der Waals surface area (Å²) in [6, 6.07) is 0.986. The monoisotopic (exact) mass is 304 g/mol. The summed E-state index contributed by atoms with van der Waals surface area (Å²) in [4.78, 5) is 2.26. The summed E-state index contributed by atoms with van der Waals surface area (Å²) >= 11 is 0. The maximum absolute atomic E-state index is 11.4. The van der Waals surface area contributed by atoms with E-state index in [0.29, 0.717) is 18.6 Å². The second-order valence-electron chi connectivity index (χ2n) is 6.31. The minimum atomic E-state index is -2.87. The van der Waals surface area contributed by atoms with Crippen LogP contribution in [0.1, 0.15) is 46.0 Å². The van der Waals surface area contributed by atoms with E-state index in [9.17, 15) is 8.42 Å². The van der Waals surface area contributed by atoms with Crippen molar-refractivity contribution in [2.75, 3.05) is 32.1 Å². The van der Waals surface area contributed by atoms with E-state index in [1.165, 1.54) is 38.4 Å². The van der Waals surface area contributed by atoms with Crippen molar-refractivity contribution in [1.82, 2.24) is 10.2 Å². The molecule has 0 aromatic rings. The first-order valence-corrected chi connectivity index (χ1v) is 10.0. The topological polar surface area (TPSA) is 49.4 Å². The Kier molecular flexibility index (Phi) is 7.48. The van der Waals surface area contributed by atoms with Crippen molar-refractivity contribution in [3.05, 3.63) is 0 Å². The van der Waals surface area contributed by atoms with Crippen LogP contribution in [0, 0.1) is 5.92 Å². The Hall–Kier alpha value is -0.130. The zero-order valence-corrected chi connectivity index (χ0v) is 14.4. The first kappa shape index (κ1) is 17.9. The van der Waals surface area contributed by atoms with Gasteiger partial charge in [-0.25, -0.2) is 8.42 Å². The first-order valence-electron chi connectivity index (χ1n) is 7.98. The summed E-state index contributed by atoms with van der Waals surface area (Å²) in [6.45, 7) is 6.02. The minimum absolute atomic E-state index is 0.261. The van der Waals surface area contributed by atoms with E-state index in [-0.39, 0.29) is 5.75 Å². The summed E-state index contributed by atoms with van der Waals surface area (Å²) in [5.74, 6) is 1.07. The van der Waals surface area contributed by atoms with Gasteiger partial charge in [-0.15, -0.1) is 0 Å². The molecule has 5 heteroatoms. The maximum Gasteiger partial charge on any atom is 0.148 e. The van der Waals surface area contributed by atoms with E-state index < -0.39 is 9.84 Å². The summed E-state index contributed by atoms with van der Waals surface area (Å²) in [6.07, 6.45) is 7.59. The van der Waals surface area contributed by atoms with E-state index in [1.807, 2.05) is 0 Å². The fraction of sp³-hybridized carbons (Fsp3) is 1.00. The van der Waals surface area contributed by atoms with E-state index >= 15 is 0 Å². The normalized spacial score (nSPS) is 27.9. The second-order valence-corrected chi connectivity index (χ2v) is 8.57. The average Bonchev–Trinajstić information content (AvgIpc) is 2.37. The molecule has 1 fully saturated rings. The lowest BCUT2D eigenvalue weighted by atomic mass is 9.79. The van der Waals surface area contributed by atoms with Crippen LogP contribution in [0.15, 0.2) is 0 Å². The summed E-state index contributed by atoms with van der Waals surface area (Å²) in [5, 5.41) is 3.58. The molecule has 0 heterocycles. The number of likely N-dealkylation sites (N-methyl/N-ethyl adjacent to an activating group) is 2. The number of hydrogen-bond acceptors (Lipinski definition) is 4. The molecule has 0 aromatic carbocycles. The van der Waals surface area contributed by atoms with Crippen LogP contribution >= 0.6 is 0 Å². The van der Waals surface area contributed by atoms with Crippen molar-refractivity contribution in [3.63, 3.8) is 0 Å². The highest BCUT2D eigenvalue weighted by atomic mass is 32.2. The Bertz CT molecular complexity index is 370. The SMILES string of the molecule is CCCC1CCC(NCC)C(N(C)CCS(C)(=O)=O)C1. The molecule has 3 atom stereocenters. The average molecular weight is 305 g/mol. The number of nitrogens with zero attached hydrogens (tertiary/aromatic N) is 1. The van der Waals surface area contributed by atoms with Crippen LogP contribution in [0.3, 0.4) is 0 Å². The fourth-order valence-corrected chi connectivity index (χ4v) is 3.98. The smallest absolute Gasteiger partial charge is 0.148 e. The van der Waals surface area contributed by atoms with Gasteiger partial charge in [-0.2, -0.15) is 0 Å². The molecule has 20 heavy (non-hydrogen) atoms. The van der Waals surface area contributed by atoms with E-state index in [4.69, 9.17) is 0 Å². The van der Waals surface area contributed by atoms with Crippen molar-refractivity contribution >= 4 is 9.84 Å². The lowest BCUT2D eigenvalue weighted by Crippen LogP contribution is -2.52. The molecule has 1 saturated carbocycles. The van der Waals surface area contributed by atoms with Crippen LogP contribution in [-0.4, -0.2) is 57.5 Å². The van der Waals surface area contributed by atoms with E-state index in [0.717, 1.165) is 12.5 Å². The standard InChI is InChI=1S/C15H32N2O2S/c1-5-7-13-8-9-14(16-6-2)15(12-13)17(3)10-11-20(4,18)19/h13-16H,5-12H2,1-4H3. The van der Waals surface area contributed by atoms with Crippen LogP contribution in [0.2, 0.25) is 0 Å². The molecule has 1 aliphatic carbocycles. The fourth-order valence-electron chi connectivity index (χ4n) is 3.36. The Labute approximate surface area is 125 Å². The number of sulfone groups is 1. The van der Waals surface area contributed by atoms with E-state index in [1.54, 1.807) is 0 Å². The van der Waals surface area contributed by atoms with E-state index in [2.05, 4.69) is 31.1 Å². The summed E-state index contributed by atoms with van der Waals surface area (Å²) in [7, 11) is -0.796. The van der Waals surface area contributed by atoms with Gasteiger partial charge in [0.25, 0.3) is 0 Å². The van der Waals surface area contributed by atoms with Crippen molar-refractivity contribution in [2.24, 2.45) is 5.92 Å². The molecule has 0 aliphatic heterocycles. The van der Waals surface area contributed by atoms with Crippen LogP contribution in [0.5, 0.6) is 0 Å². The quantitative estimate of drug-likeness (QED) is 0.744. The van der Waals surface area contributed by atoms with Gasteiger partial charge in [0.2, 0.25) is 0 Å². The highest BCUT2D eigenvalue weighted by Gasteiger charge is 2.32. The largest absolute Gasteiger partial charge is 0.313 e. The minimum Gasteiger partial charge on any atom is -0.313 e. The lowest BCUT2D eigenvalue weighted by Gasteiger charge is -2.41. The zero-order valence-electron chi connectivity index (χ0n) is 13.6. The Morgan fingerprint density at radius 1 is 1.25 bits per heavy atom. The molecule has 120 valence electrons. The van der Waals surface area contributed by atoms with Crippen LogP contribution < -0.4 is 5.32 Å². The Morgan fingerprint density at radius 2 is 1.95 bits per heavy atom. The van der Waals surface area contributed by atoms with Gasteiger partial charge in [0.15, 0.2) is 0 Å². The third-order valence-corrected chi connectivity index (χ3v) is 5.39.